The van der Waals surface area contributed by atoms with E-state index < -0.39 is 0 Å². The summed E-state index contributed by atoms with van der Waals surface area (Å²) in [7, 11) is 3.42. The Kier molecular flexibility index (Phi) is 5.88. The van der Waals surface area contributed by atoms with Gasteiger partial charge in [0.1, 0.15) is 11.4 Å². The van der Waals surface area contributed by atoms with Crippen LogP contribution in [0.4, 0.5) is 5.69 Å². The molecule has 1 aromatic carbocycles. The Labute approximate surface area is 202 Å². The molecule has 182 valence electrons. The van der Waals surface area contributed by atoms with E-state index in [2.05, 4.69) is 22.3 Å². The first-order chi connectivity index (χ1) is 16.9. The highest BCUT2D eigenvalue weighted by molar-refractivity contribution is 6.09. The molecule has 10 nitrogen and oxygen atoms in total. The summed E-state index contributed by atoms with van der Waals surface area (Å²) in [4.78, 5) is 31.1. The molecule has 1 fully saturated rings. The number of carbonyl (C=O) groups excluding carboxylic acids is 2. The van der Waals surface area contributed by atoms with Gasteiger partial charge in [-0.15, -0.1) is 0 Å². The lowest BCUT2D eigenvalue weighted by molar-refractivity contribution is -0.130. The number of hydrogen-bond acceptors (Lipinski definition) is 6. The largest absolute Gasteiger partial charge is 0.496 e. The van der Waals surface area contributed by atoms with Crippen molar-refractivity contribution in [2.45, 2.75) is 45.2 Å². The van der Waals surface area contributed by atoms with Crippen LogP contribution in [0.3, 0.4) is 0 Å². The zero-order valence-electron chi connectivity index (χ0n) is 20.3. The molecule has 0 unspecified atom stereocenters. The van der Waals surface area contributed by atoms with E-state index in [-0.39, 0.29) is 23.9 Å². The third kappa shape index (κ3) is 4.20. The summed E-state index contributed by atoms with van der Waals surface area (Å²) in [5, 5.41) is 12.8. The molecule has 3 atom stereocenters. The van der Waals surface area contributed by atoms with Crippen molar-refractivity contribution in [3.8, 4) is 5.75 Å². The molecule has 0 saturated heterocycles. The van der Waals surface area contributed by atoms with Gasteiger partial charge in [0.25, 0.3) is 5.91 Å². The number of benzene rings is 1. The monoisotopic (exact) mass is 475 g/mol. The SMILES string of the molecule is COc1cc2nn([C@@H]3CC[C@@H](N(C)C(C)=O)C[C@H]3C)cc2cc1C(=O)Nc1cnn2cccnc12. The fourth-order valence-corrected chi connectivity index (χ4v) is 5.05. The second-order valence-corrected chi connectivity index (χ2v) is 9.26. The Morgan fingerprint density at radius 1 is 1.26 bits per heavy atom. The van der Waals surface area contributed by atoms with Gasteiger partial charge in [0.05, 0.1) is 30.4 Å². The molecule has 4 aromatic rings. The van der Waals surface area contributed by atoms with Crippen LogP contribution in [0.15, 0.2) is 43.0 Å². The summed E-state index contributed by atoms with van der Waals surface area (Å²) in [6, 6.07) is 5.87. The van der Waals surface area contributed by atoms with Gasteiger partial charge < -0.3 is 15.0 Å². The average molecular weight is 476 g/mol. The van der Waals surface area contributed by atoms with Crippen LogP contribution in [0, 0.1) is 5.92 Å². The maximum Gasteiger partial charge on any atom is 0.259 e. The van der Waals surface area contributed by atoms with Crippen molar-refractivity contribution >= 4 is 34.1 Å². The standard InChI is InChI=1S/C25H29N7O3/c1-15-10-18(30(3)16(2)33)6-7-22(15)32-14-17-11-19(23(35-4)12-20(17)29-32)25(34)28-21-13-27-31-9-5-8-26-24(21)31/h5,8-9,11-15,18,22H,6-7,10H2,1-4H3,(H,28,34)/t15-,18-,22-/m1/s1. The van der Waals surface area contributed by atoms with Crippen molar-refractivity contribution in [3.05, 3.63) is 48.5 Å². The van der Waals surface area contributed by atoms with Crippen LogP contribution in [0.1, 0.15) is 49.5 Å². The molecule has 1 aliphatic rings. The van der Waals surface area contributed by atoms with Crippen LogP contribution in [0.5, 0.6) is 5.75 Å². The number of amides is 2. The van der Waals surface area contributed by atoms with E-state index in [4.69, 9.17) is 9.84 Å². The lowest BCUT2D eigenvalue weighted by Gasteiger charge is -2.38. The molecule has 0 bridgehead atoms. The number of anilines is 1. The summed E-state index contributed by atoms with van der Waals surface area (Å²) in [6.07, 6.45) is 9.80. The number of fused-ring (bicyclic) bond motifs is 2. The Balaban J connectivity index is 1.40. The quantitative estimate of drug-likeness (QED) is 0.473. The fourth-order valence-electron chi connectivity index (χ4n) is 5.05. The first kappa shape index (κ1) is 22.8. The minimum Gasteiger partial charge on any atom is -0.496 e. The summed E-state index contributed by atoms with van der Waals surface area (Å²) in [5.41, 5.74) is 2.27. The summed E-state index contributed by atoms with van der Waals surface area (Å²) >= 11 is 0. The van der Waals surface area contributed by atoms with Gasteiger partial charge in [-0.2, -0.15) is 10.2 Å². The smallest absolute Gasteiger partial charge is 0.259 e. The van der Waals surface area contributed by atoms with E-state index in [0.717, 1.165) is 30.2 Å². The predicted molar refractivity (Wildman–Crippen MR) is 132 cm³/mol. The average Bonchev–Trinajstić information content (AvgIpc) is 3.46. The second-order valence-electron chi connectivity index (χ2n) is 9.26. The fraction of sp³-hybridized carbons (Fsp3) is 0.400. The number of ether oxygens (including phenoxy) is 1. The molecule has 3 heterocycles. The molecule has 3 aromatic heterocycles. The first-order valence-electron chi connectivity index (χ1n) is 11.8. The summed E-state index contributed by atoms with van der Waals surface area (Å²) < 4.78 is 9.15. The number of nitrogens with one attached hydrogen (secondary N) is 1. The highest BCUT2D eigenvalue weighted by atomic mass is 16.5. The van der Waals surface area contributed by atoms with Gasteiger partial charge in [-0.05, 0) is 37.3 Å². The van der Waals surface area contributed by atoms with E-state index >= 15 is 0 Å². The maximum absolute atomic E-state index is 13.2. The van der Waals surface area contributed by atoms with E-state index in [1.165, 1.54) is 0 Å². The number of carbonyl (C=O) groups is 2. The Morgan fingerprint density at radius 3 is 2.83 bits per heavy atom. The van der Waals surface area contributed by atoms with Crippen molar-refractivity contribution in [1.29, 1.82) is 0 Å². The van der Waals surface area contributed by atoms with Crippen LogP contribution in [0.25, 0.3) is 16.6 Å². The van der Waals surface area contributed by atoms with Gasteiger partial charge in [-0.25, -0.2) is 9.50 Å². The normalized spacial score (nSPS) is 20.2. The number of rotatable bonds is 5. The van der Waals surface area contributed by atoms with Gasteiger partial charge in [-0.1, -0.05) is 6.92 Å². The van der Waals surface area contributed by atoms with Crippen LogP contribution >= 0.6 is 0 Å². The molecule has 1 aliphatic carbocycles. The van der Waals surface area contributed by atoms with E-state index in [0.29, 0.717) is 28.6 Å². The van der Waals surface area contributed by atoms with E-state index in [1.54, 1.807) is 49.3 Å². The number of nitrogens with zero attached hydrogens (tertiary/aromatic N) is 6. The van der Waals surface area contributed by atoms with Crippen LogP contribution in [0.2, 0.25) is 0 Å². The van der Waals surface area contributed by atoms with Crippen molar-refractivity contribution < 1.29 is 14.3 Å². The van der Waals surface area contributed by atoms with Crippen molar-refractivity contribution in [2.75, 3.05) is 19.5 Å². The minimum atomic E-state index is -0.307. The lowest BCUT2D eigenvalue weighted by Crippen LogP contribution is -2.41. The van der Waals surface area contributed by atoms with Crippen molar-refractivity contribution in [3.63, 3.8) is 0 Å². The zero-order chi connectivity index (χ0) is 24.7. The molecule has 5 rings (SSSR count). The van der Waals surface area contributed by atoms with Gasteiger partial charge >= 0.3 is 0 Å². The Bertz CT molecular complexity index is 1410. The highest BCUT2D eigenvalue weighted by Crippen LogP contribution is 2.37. The van der Waals surface area contributed by atoms with E-state index in [1.807, 2.05) is 28.9 Å². The molecule has 1 N–H and O–H groups in total. The molecule has 10 heteroatoms. The molecular formula is C25H29N7O3. The van der Waals surface area contributed by atoms with E-state index in [9.17, 15) is 9.59 Å². The van der Waals surface area contributed by atoms with Gasteiger partial charge in [0, 0.05) is 50.1 Å². The molecule has 35 heavy (non-hydrogen) atoms. The van der Waals surface area contributed by atoms with Crippen molar-refractivity contribution in [2.24, 2.45) is 5.92 Å². The molecular weight excluding hydrogens is 446 g/mol. The molecule has 0 radical (unpaired) electrons. The summed E-state index contributed by atoms with van der Waals surface area (Å²) in [6.45, 7) is 3.82. The molecule has 0 spiro atoms. The van der Waals surface area contributed by atoms with Gasteiger partial charge in [0.2, 0.25) is 5.91 Å². The third-order valence-electron chi connectivity index (χ3n) is 7.10. The van der Waals surface area contributed by atoms with Crippen LogP contribution in [-0.4, -0.2) is 61.3 Å². The molecule has 1 saturated carbocycles. The Morgan fingerprint density at radius 2 is 2.09 bits per heavy atom. The zero-order valence-corrected chi connectivity index (χ0v) is 20.3. The predicted octanol–water partition coefficient (Wildman–Crippen LogP) is 3.55. The Hall–Kier alpha value is -3.95. The topological polar surface area (TPSA) is 107 Å². The third-order valence-corrected chi connectivity index (χ3v) is 7.10. The highest BCUT2D eigenvalue weighted by Gasteiger charge is 2.32. The molecule has 2 amide bonds. The maximum atomic E-state index is 13.2. The first-order valence-corrected chi connectivity index (χ1v) is 11.8. The van der Waals surface area contributed by atoms with Gasteiger partial charge in [-0.3, -0.25) is 14.3 Å². The molecule has 0 aliphatic heterocycles. The number of methoxy groups -OCH3 is 1. The van der Waals surface area contributed by atoms with Crippen LogP contribution < -0.4 is 10.1 Å². The van der Waals surface area contributed by atoms with Crippen molar-refractivity contribution in [1.82, 2.24) is 29.3 Å². The number of hydrogen-bond donors (Lipinski definition) is 1. The lowest BCUT2D eigenvalue weighted by atomic mass is 9.82. The van der Waals surface area contributed by atoms with Gasteiger partial charge in [0.15, 0.2) is 5.65 Å². The minimum absolute atomic E-state index is 0.100. The summed E-state index contributed by atoms with van der Waals surface area (Å²) in [5.74, 6) is 0.601. The number of aromatic nitrogens is 5. The van der Waals surface area contributed by atoms with Crippen LogP contribution in [-0.2, 0) is 4.79 Å². The second kappa shape index (κ2) is 9.01.